The van der Waals surface area contributed by atoms with Gasteiger partial charge in [0.1, 0.15) is 5.75 Å². The number of hydrogen-bond donors (Lipinski definition) is 5. The Hall–Kier alpha value is -5.93. The molecule has 0 radical (unpaired) electrons. The molecule has 1 fully saturated rings. The van der Waals surface area contributed by atoms with Crippen molar-refractivity contribution in [3.63, 3.8) is 0 Å². The summed E-state index contributed by atoms with van der Waals surface area (Å²) < 4.78 is 5.50. The van der Waals surface area contributed by atoms with Gasteiger partial charge in [-0.05, 0) is 85.8 Å². The topological polar surface area (TPSA) is 172 Å². The minimum atomic E-state index is -0.591. The summed E-state index contributed by atoms with van der Waals surface area (Å²) in [6.07, 6.45) is 10.3. The number of ether oxygens (including phenoxy) is 1. The third-order valence-electron chi connectivity index (χ3n) is 8.91. The fourth-order valence-corrected chi connectivity index (χ4v) is 5.85. The van der Waals surface area contributed by atoms with Gasteiger partial charge in [0.15, 0.2) is 6.61 Å². The van der Waals surface area contributed by atoms with Crippen molar-refractivity contribution in [1.29, 1.82) is 0 Å². The Labute approximate surface area is 302 Å². The number of nitrogens with two attached hydrogens (primary N) is 1. The van der Waals surface area contributed by atoms with E-state index in [1.54, 1.807) is 42.9 Å². The molecular weight excluding hydrogens is 658 g/mol. The molecule has 3 aromatic carbocycles. The summed E-state index contributed by atoms with van der Waals surface area (Å²) in [5.74, 6) is 6.19. The maximum Gasteiger partial charge on any atom is 0.262 e. The van der Waals surface area contributed by atoms with E-state index >= 15 is 0 Å². The van der Waals surface area contributed by atoms with Crippen molar-refractivity contribution in [3.05, 3.63) is 107 Å². The summed E-state index contributed by atoms with van der Waals surface area (Å²) in [4.78, 5) is 58.9. The van der Waals surface area contributed by atoms with Gasteiger partial charge in [-0.1, -0.05) is 36.8 Å². The minimum Gasteiger partial charge on any atom is -0.482 e. The lowest BCUT2D eigenvalue weighted by Gasteiger charge is -2.24. The second-order valence-electron chi connectivity index (χ2n) is 13.1. The Kier molecular flexibility index (Phi) is 12.0. The van der Waals surface area contributed by atoms with E-state index in [1.165, 1.54) is 0 Å². The number of carbonyl (C=O) groups excluding carboxylic acids is 4. The van der Waals surface area contributed by atoms with Crippen LogP contribution in [0.3, 0.4) is 0 Å². The van der Waals surface area contributed by atoms with Crippen LogP contribution in [-0.4, -0.2) is 63.7 Å². The molecule has 0 unspecified atom stereocenters. The highest BCUT2D eigenvalue weighted by atomic mass is 16.5. The number of carbonyl (C=O) groups is 4. The fraction of sp³-hybridized carbons (Fsp3) is 0.325. The Bertz CT molecular complexity index is 1930. The highest BCUT2D eigenvalue weighted by molar-refractivity contribution is 6.04. The van der Waals surface area contributed by atoms with Gasteiger partial charge in [0.25, 0.3) is 17.7 Å². The van der Waals surface area contributed by atoms with Crippen LogP contribution in [0, 0.1) is 11.8 Å². The Balaban J connectivity index is 0.895. The number of unbranched alkanes of at least 4 members (excludes halogenated alkanes) is 4. The number of benzene rings is 3. The van der Waals surface area contributed by atoms with E-state index in [4.69, 9.17) is 10.5 Å². The van der Waals surface area contributed by atoms with Crippen molar-refractivity contribution in [2.75, 3.05) is 23.8 Å². The van der Waals surface area contributed by atoms with Gasteiger partial charge >= 0.3 is 0 Å². The maximum absolute atomic E-state index is 13.5. The molecule has 12 heteroatoms. The SMILES string of the molecule is N[C@@H](Cc1cnc[nH]1)C(=O)NCCCCCCC#Cc1ccc(NC(=O)c2ccc(CN(C(=O)c3ccc4c(c3)OCC(=O)N4)C3CC3)cc2)cc1. The summed E-state index contributed by atoms with van der Waals surface area (Å²) in [7, 11) is 0. The molecule has 0 spiro atoms. The molecule has 1 aromatic heterocycles. The van der Waals surface area contributed by atoms with Crippen LogP contribution in [-0.2, 0) is 22.6 Å². The Morgan fingerprint density at radius 2 is 1.75 bits per heavy atom. The van der Waals surface area contributed by atoms with Crippen molar-refractivity contribution in [3.8, 4) is 17.6 Å². The van der Waals surface area contributed by atoms with Crippen LogP contribution in [0.15, 0.2) is 79.3 Å². The van der Waals surface area contributed by atoms with Gasteiger partial charge in [-0.2, -0.15) is 0 Å². The third kappa shape index (κ3) is 10.1. The molecular formula is C40H43N7O5. The number of anilines is 2. The number of aromatic nitrogens is 2. The van der Waals surface area contributed by atoms with Gasteiger partial charge in [-0.25, -0.2) is 4.98 Å². The van der Waals surface area contributed by atoms with E-state index < -0.39 is 6.04 Å². The number of nitrogens with zero attached hydrogens (tertiary/aromatic N) is 2. The van der Waals surface area contributed by atoms with Gasteiger partial charge < -0.3 is 36.3 Å². The largest absolute Gasteiger partial charge is 0.482 e. The van der Waals surface area contributed by atoms with Gasteiger partial charge in [-0.15, -0.1) is 0 Å². The zero-order chi connectivity index (χ0) is 36.3. The highest BCUT2D eigenvalue weighted by Gasteiger charge is 2.33. The van der Waals surface area contributed by atoms with Crippen LogP contribution in [0.1, 0.15) is 82.5 Å². The van der Waals surface area contributed by atoms with Gasteiger partial charge in [0, 0.05) is 66.2 Å². The first-order chi connectivity index (χ1) is 25.3. The Morgan fingerprint density at radius 3 is 2.50 bits per heavy atom. The summed E-state index contributed by atoms with van der Waals surface area (Å²) in [5.41, 5.74) is 10.8. The molecule has 2 heterocycles. The van der Waals surface area contributed by atoms with Crippen LogP contribution in [0.4, 0.5) is 11.4 Å². The van der Waals surface area contributed by atoms with Crippen LogP contribution in [0.25, 0.3) is 0 Å². The van der Waals surface area contributed by atoms with E-state index in [1.807, 2.05) is 41.3 Å². The highest BCUT2D eigenvalue weighted by Crippen LogP contribution is 2.33. The average Bonchev–Trinajstić information content (AvgIpc) is 3.87. The molecule has 0 bridgehead atoms. The summed E-state index contributed by atoms with van der Waals surface area (Å²) >= 11 is 0. The van der Waals surface area contributed by atoms with Crippen molar-refractivity contribution in [1.82, 2.24) is 20.2 Å². The lowest BCUT2D eigenvalue weighted by Crippen LogP contribution is -2.42. The predicted octanol–water partition coefficient (Wildman–Crippen LogP) is 4.79. The van der Waals surface area contributed by atoms with Gasteiger partial charge in [0.05, 0.1) is 18.1 Å². The normalized spacial score (nSPS) is 13.8. The van der Waals surface area contributed by atoms with E-state index in [0.29, 0.717) is 47.8 Å². The van der Waals surface area contributed by atoms with E-state index in [9.17, 15) is 19.2 Å². The zero-order valence-corrected chi connectivity index (χ0v) is 29.0. The van der Waals surface area contributed by atoms with Crippen molar-refractivity contribution >= 4 is 35.0 Å². The fourth-order valence-electron chi connectivity index (χ4n) is 5.85. The molecule has 1 aliphatic carbocycles. The molecule has 4 amide bonds. The molecule has 268 valence electrons. The van der Waals surface area contributed by atoms with Crippen molar-refractivity contribution in [2.24, 2.45) is 5.73 Å². The average molecular weight is 702 g/mol. The third-order valence-corrected chi connectivity index (χ3v) is 8.91. The molecule has 6 N–H and O–H groups in total. The quantitative estimate of drug-likeness (QED) is 0.0877. The number of fused-ring (bicyclic) bond motifs is 1. The smallest absolute Gasteiger partial charge is 0.262 e. The molecule has 12 nitrogen and oxygen atoms in total. The number of rotatable bonds is 15. The molecule has 6 rings (SSSR count). The summed E-state index contributed by atoms with van der Waals surface area (Å²) in [6, 6.07) is 19.4. The Morgan fingerprint density at radius 1 is 0.981 bits per heavy atom. The lowest BCUT2D eigenvalue weighted by atomic mass is 10.1. The lowest BCUT2D eigenvalue weighted by molar-refractivity contribution is -0.122. The first-order valence-corrected chi connectivity index (χ1v) is 17.7. The second-order valence-corrected chi connectivity index (χ2v) is 13.1. The maximum atomic E-state index is 13.5. The minimum absolute atomic E-state index is 0.0728. The number of amides is 4. The number of imidazole rings is 1. The number of nitrogens with one attached hydrogen (secondary N) is 4. The van der Waals surface area contributed by atoms with Gasteiger partial charge in [0.2, 0.25) is 5.91 Å². The number of aromatic amines is 1. The van der Waals surface area contributed by atoms with Crippen molar-refractivity contribution in [2.45, 2.75) is 70.0 Å². The van der Waals surface area contributed by atoms with E-state index in [-0.39, 0.29) is 36.3 Å². The molecule has 0 saturated heterocycles. The van der Waals surface area contributed by atoms with E-state index in [2.05, 4.69) is 37.8 Å². The van der Waals surface area contributed by atoms with Crippen LogP contribution in [0.2, 0.25) is 0 Å². The molecule has 1 saturated carbocycles. The zero-order valence-electron chi connectivity index (χ0n) is 29.0. The molecule has 1 aliphatic heterocycles. The van der Waals surface area contributed by atoms with Gasteiger partial charge in [-0.3, -0.25) is 19.2 Å². The summed E-state index contributed by atoms with van der Waals surface area (Å²) in [6.45, 7) is 0.956. The molecule has 1 atom stereocenters. The second kappa shape index (κ2) is 17.3. The first kappa shape index (κ1) is 35.9. The standard InChI is InChI=1S/C40H43N7O5/c41-34(22-32-23-42-26-44-32)39(50)43-20-6-4-2-1-3-5-7-27-10-15-31(16-11-27)45-38(49)29-12-8-28(9-13-29)24-47(33-17-18-33)40(51)30-14-19-35-36(21-30)52-25-37(48)46-35/h8-16,19,21,23,26,33-34H,1-4,6,17-18,20,22,24-25,41H2,(H,42,44)(H,43,50)(H,45,49)(H,46,48)/t34-/m0/s1. The number of H-pyrrole nitrogens is 1. The van der Waals surface area contributed by atoms with Crippen LogP contribution >= 0.6 is 0 Å². The monoisotopic (exact) mass is 701 g/mol. The first-order valence-electron chi connectivity index (χ1n) is 17.7. The molecule has 52 heavy (non-hydrogen) atoms. The predicted molar refractivity (Wildman–Crippen MR) is 198 cm³/mol. The van der Waals surface area contributed by atoms with Crippen LogP contribution in [0.5, 0.6) is 5.75 Å². The van der Waals surface area contributed by atoms with Crippen LogP contribution < -0.4 is 26.4 Å². The van der Waals surface area contributed by atoms with Crippen molar-refractivity contribution < 1.29 is 23.9 Å². The molecule has 2 aliphatic rings. The summed E-state index contributed by atoms with van der Waals surface area (Å²) in [5, 5.41) is 8.58. The molecule has 4 aromatic rings. The van der Waals surface area contributed by atoms with E-state index in [0.717, 1.165) is 61.8 Å². The number of hydrogen-bond acceptors (Lipinski definition) is 7.